The lowest BCUT2D eigenvalue weighted by Crippen LogP contribution is -2.35. The Balaban J connectivity index is 1.50. The molecule has 1 unspecified atom stereocenters. The first kappa shape index (κ1) is 38.6. The van der Waals surface area contributed by atoms with Gasteiger partial charge in [0.05, 0.1) is 0 Å². The highest BCUT2D eigenvalue weighted by Gasteiger charge is 2.53. The van der Waals surface area contributed by atoms with E-state index in [9.17, 15) is 29.0 Å². The zero-order chi connectivity index (χ0) is 36.5. The van der Waals surface area contributed by atoms with Gasteiger partial charge in [-0.1, -0.05) is 28.9 Å². The van der Waals surface area contributed by atoms with Crippen LogP contribution in [0.5, 0.6) is 11.5 Å². The van der Waals surface area contributed by atoms with E-state index in [0.717, 1.165) is 4.57 Å². The molecule has 0 spiro atoms. The highest BCUT2D eigenvalue weighted by Crippen LogP contribution is 2.70. The number of ether oxygens (including phenoxy) is 3. The van der Waals surface area contributed by atoms with E-state index in [4.69, 9.17) is 43.4 Å². The van der Waals surface area contributed by atoms with E-state index in [-0.39, 0.29) is 23.5 Å². The van der Waals surface area contributed by atoms with Crippen molar-refractivity contribution in [1.82, 2.24) is 15.0 Å². The molecular formula is C28H32N6O14P2+. The van der Waals surface area contributed by atoms with Crippen LogP contribution >= 0.6 is 16.3 Å². The Kier molecular flexibility index (Phi) is 13.2. The molecule has 4 rings (SSSR count). The van der Waals surface area contributed by atoms with Crippen LogP contribution < -0.4 is 41.8 Å². The first-order chi connectivity index (χ1) is 23.7. The monoisotopic (exact) mass is 738 g/mol. The van der Waals surface area contributed by atoms with Crippen LogP contribution in [0.25, 0.3) is 5.08 Å². The maximum atomic E-state index is 13.9. The third-order valence-electron chi connectivity index (χ3n) is 6.73. The predicted molar refractivity (Wildman–Crippen MR) is 167 cm³/mol. The van der Waals surface area contributed by atoms with Crippen molar-refractivity contribution >= 4 is 28.3 Å². The molecule has 1 saturated heterocycles. The van der Waals surface area contributed by atoms with Crippen molar-refractivity contribution in [2.45, 2.75) is 58.8 Å². The molecule has 4 atom stereocenters. The second-order valence-corrected chi connectivity index (χ2v) is 13.9. The minimum absolute atomic E-state index is 0.0463. The number of aromatic nitrogens is 2. The van der Waals surface area contributed by atoms with Crippen molar-refractivity contribution in [3.8, 4) is 11.5 Å². The Bertz CT molecular complexity index is 1740. The fraction of sp³-hybridized carbons (Fsp3) is 0.357. The number of rotatable bonds is 16. The van der Waals surface area contributed by atoms with Crippen molar-refractivity contribution in [1.29, 1.82) is 5.39 Å². The van der Waals surface area contributed by atoms with Gasteiger partial charge in [-0.15, -0.1) is 0 Å². The summed E-state index contributed by atoms with van der Waals surface area (Å²) in [5.41, 5.74) is 3.27. The Morgan fingerprint density at radius 3 is 2.00 bits per heavy atom. The summed E-state index contributed by atoms with van der Waals surface area (Å²) in [6.45, 7) is 2.38. The summed E-state index contributed by atoms with van der Waals surface area (Å²) in [6.07, 6.45) is -0.971. The Labute approximate surface area is 284 Å². The fourth-order valence-electron chi connectivity index (χ4n) is 4.42. The van der Waals surface area contributed by atoms with Crippen LogP contribution in [0.3, 0.4) is 0 Å². The topological polar surface area (TPSA) is 277 Å². The van der Waals surface area contributed by atoms with Crippen LogP contribution in [0.15, 0.2) is 64.3 Å². The second-order valence-electron chi connectivity index (χ2n) is 10.5. The molecule has 0 saturated carbocycles. The summed E-state index contributed by atoms with van der Waals surface area (Å²) < 4.78 is 42.8. The fourth-order valence-corrected chi connectivity index (χ4v) is 7.19. The van der Waals surface area contributed by atoms with Crippen LogP contribution in [0.4, 0.5) is 0 Å². The molecule has 0 bridgehead atoms. The number of aryl methyl sites for hydroxylation is 1. The molecule has 0 amide bonds. The number of hydrogen-bond donors (Lipinski definition) is 2. The van der Waals surface area contributed by atoms with E-state index >= 15 is 0 Å². The molecule has 20 nitrogen and oxygen atoms in total. The molecule has 50 heavy (non-hydrogen) atoms. The molecule has 1 aliphatic heterocycles. The number of aromatic amines is 1. The zero-order valence-electron chi connectivity index (χ0n) is 26.7. The average molecular weight is 739 g/mol. The molecule has 3 N–H and O–H groups in total. The highest BCUT2D eigenvalue weighted by atomic mass is 31.3. The van der Waals surface area contributed by atoms with E-state index in [1.807, 2.05) is 0 Å². The lowest BCUT2D eigenvalue weighted by atomic mass is 10.1. The highest BCUT2D eigenvalue weighted by molar-refractivity contribution is 7.67. The number of phosphoric acid groups is 2. The van der Waals surface area contributed by atoms with Gasteiger partial charge in [-0.3, -0.25) is 23.9 Å². The van der Waals surface area contributed by atoms with Gasteiger partial charge in [0.1, 0.15) is 49.1 Å². The summed E-state index contributed by atoms with van der Waals surface area (Å²) in [5, 5.41) is 11.9. The van der Waals surface area contributed by atoms with Gasteiger partial charge in [0.2, 0.25) is 0 Å². The van der Waals surface area contributed by atoms with Crippen LogP contribution in [0, 0.1) is 12.3 Å². The summed E-state index contributed by atoms with van der Waals surface area (Å²) in [5.74, 6) is 4.65. The summed E-state index contributed by atoms with van der Waals surface area (Å²) in [7, 11) is -9.90. The minimum Gasteiger partial charge on any atom is -0.602 e. The molecule has 1 aliphatic rings. The van der Waals surface area contributed by atoms with Gasteiger partial charge in [0, 0.05) is 36.3 Å². The molecule has 1 radical (unpaired) electrons. The van der Waals surface area contributed by atoms with Crippen molar-refractivity contribution in [3.05, 3.63) is 97.3 Å². The molecule has 0 aliphatic carbocycles. The molecular weight excluding hydrogens is 706 g/mol. The second kappa shape index (κ2) is 17.1. The van der Waals surface area contributed by atoms with Crippen molar-refractivity contribution in [2.75, 3.05) is 6.61 Å². The molecule has 1 aromatic heterocycles. The van der Waals surface area contributed by atoms with Crippen LogP contribution in [-0.4, -0.2) is 40.2 Å². The molecule has 267 valence electrons. The average Bonchev–Trinajstić information content (AvgIpc) is 3.47. The smallest absolute Gasteiger partial charge is 0.458 e. The van der Waals surface area contributed by atoms with Gasteiger partial charge >= 0.3 is 39.1 Å². The van der Waals surface area contributed by atoms with E-state index in [1.54, 1.807) is 0 Å². The maximum Gasteiger partial charge on any atom is 0.458 e. The summed E-state index contributed by atoms with van der Waals surface area (Å²) >= 11 is 0. The number of H-pyrrole nitrogens is 1. The van der Waals surface area contributed by atoms with Crippen molar-refractivity contribution in [2.24, 2.45) is 5.90 Å². The number of nitrogens with zero attached hydrogens (tertiary/aromatic N) is 4. The first-order valence-corrected chi connectivity index (χ1v) is 17.4. The molecule has 2 aromatic carbocycles. The van der Waals surface area contributed by atoms with E-state index in [1.165, 1.54) is 75.5 Å². The maximum absolute atomic E-state index is 13.9. The molecule has 1 fully saturated rings. The van der Waals surface area contributed by atoms with E-state index in [2.05, 4.69) is 20.1 Å². The number of carbonyl (C=O) groups is 2. The van der Waals surface area contributed by atoms with E-state index in [0.29, 0.717) is 11.1 Å². The molecule has 3 aromatic rings. The standard InChI is InChI=1S/C28H32N6O14P2/c1-17-13-34(28(38)31-27(17)37)26-12-24(32-33-29)25(46-26)16-43-50(40,47-30)48-49(39,41-14-20-4-8-22(9-5-20)44-18(2)35)42-15-21-6-10-23(11-7-21)45-19(3)36/h4-11,13,24-26H,12,14-16,30H2,1-3H3,(H,31,37,38)/q+1/t24-,25+,26+,50?/m0/s1. The van der Waals surface area contributed by atoms with Gasteiger partial charge in [-0.25, -0.2) is 4.79 Å². The van der Waals surface area contributed by atoms with Gasteiger partial charge in [0.15, 0.2) is 6.04 Å². The number of phosphoric ester groups is 1. The summed E-state index contributed by atoms with van der Waals surface area (Å²) in [4.78, 5) is 76.3. The third-order valence-corrected chi connectivity index (χ3v) is 9.95. The number of esters is 2. The van der Waals surface area contributed by atoms with Crippen LogP contribution in [0.2, 0.25) is 0 Å². The third kappa shape index (κ3) is 10.9. The zero-order valence-corrected chi connectivity index (χ0v) is 28.5. The Morgan fingerprint density at radius 1 is 0.980 bits per heavy atom. The predicted octanol–water partition coefficient (Wildman–Crippen LogP) is 1.16. The number of nitrogens with one attached hydrogen (secondary N) is 1. The lowest BCUT2D eigenvalue weighted by molar-refractivity contribution is -0.273. The number of hydrogen-bond acceptors (Lipinski definition) is 16. The van der Waals surface area contributed by atoms with E-state index < -0.39 is 77.7 Å². The molecule has 22 heteroatoms. The quantitative estimate of drug-likeness (QED) is 0.0685. The summed E-state index contributed by atoms with van der Waals surface area (Å²) in [6, 6.07) is 10.8. The number of carbonyl (C=O) groups excluding carboxylic acids is 2. The van der Waals surface area contributed by atoms with Gasteiger partial charge in [-0.2, -0.15) is 19.5 Å². The number of diazo groups is 1. The van der Waals surface area contributed by atoms with Gasteiger partial charge < -0.3 is 24.0 Å². The normalized spacial score (nSPS) is 18.5. The van der Waals surface area contributed by atoms with Crippen molar-refractivity contribution in [3.63, 3.8) is 0 Å². The molecule has 2 heterocycles. The van der Waals surface area contributed by atoms with Gasteiger partial charge in [-0.05, 0) is 42.3 Å². The number of benzene rings is 2. The van der Waals surface area contributed by atoms with Crippen LogP contribution in [0.1, 0.15) is 43.2 Å². The largest absolute Gasteiger partial charge is 0.602 e. The van der Waals surface area contributed by atoms with Gasteiger partial charge in [0.25, 0.3) is 11.0 Å². The van der Waals surface area contributed by atoms with Crippen LogP contribution in [-0.2, 0) is 50.0 Å². The lowest BCUT2D eigenvalue weighted by Gasteiger charge is -2.29. The van der Waals surface area contributed by atoms with Crippen molar-refractivity contribution < 1.29 is 56.1 Å². The Hall–Kier alpha value is -4.22. The SMILES string of the molecule is CC(=O)Oc1ccc(CO[P+]([O-])(OCc2ccc(OC(C)=O)cc2)O[P+]([O-])(ON)OC[C@H]2O[C@@H](n3cc(C)c(=O)[nH]c3=O)C[C@@H]2[N][N+]#N)cc1. The Morgan fingerprint density at radius 2 is 1.52 bits per heavy atom. The number of nitrogens with two attached hydrogens (primary N) is 1. The first-order valence-electron chi connectivity index (χ1n) is 14.5. The minimum atomic E-state index is -5.01.